The molecule has 0 aliphatic rings. The molecule has 0 aliphatic heterocycles. The molecule has 3 nitrogen and oxygen atoms in total. The Morgan fingerprint density at radius 2 is 1.26 bits per heavy atom. The van der Waals surface area contributed by atoms with E-state index in [1.165, 1.54) is 11.1 Å². The molecule has 0 aliphatic carbocycles. The lowest BCUT2D eigenvalue weighted by Gasteiger charge is -2.26. The van der Waals surface area contributed by atoms with E-state index in [0.717, 1.165) is 11.1 Å². The minimum Gasteiger partial charge on any atom is -0.461 e. The van der Waals surface area contributed by atoms with Crippen molar-refractivity contribution < 1.29 is 9.53 Å². The summed E-state index contributed by atoms with van der Waals surface area (Å²) in [7, 11) is 0. The molecule has 2 N–H and O–H groups in total. The topological polar surface area (TPSA) is 52.3 Å². The Kier molecular flexibility index (Phi) is 5.56. The largest absolute Gasteiger partial charge is 0.461 e. The number of hydrogen-bond donors (Lipinski definition) is 1. The van der Waals surface area contributed by atoms with Gasteiger partial charge in [0.25, 0.3) is 0 Å². The van der Waals surface area contributed by atoms with Crippen LogP contribution in [0, 0.1) is 13.8 Å². The summed E-state index contributed by atoms with van der Waals surface area (Å²) in [4.78, 5) is 11.9. The summed E-state index contributed by atoms with van der Waals surface area (Å²) < 4.78 is 5.58. The van der Waals surface area contributed by atoms with E-state index >= 15 is 0 Å². The highest BCUT2D eigenvalue weighted by Crippen LogP contribution is 2.30. The van der Waals surface area contributed by atoms with Crippen LogP contribution in [0.15, 0.2) is 48.5 Å². The van der Waals surface area contributed by atoms with E-state index in [1.807, 2.05) is 6.92 Å². The SMILES string of the molecule is Cc1ccc(C(c2ccc(C)cc2)[C@H](C)OC(=O)[C@H](C)N)cc1. The van der Waals surface area contributed by atoms with Gasteiger partial charge in [0.05, 0.1) is 0 Å². The molecule has 0 fully saturated rings. The first-order valence-corrected chi connectivity index (χ1v) is 7.97. The van der Waals surface area contributed by atoms with Gasteiger partial charge in [-0.25, -0.2) is 0 Å². The maximum absolute atomic E-state index is 11.9. The number of ether oxygens (including phenoxy) is 1. The van der Waals surface area contributed by atoms with Crippen LogP contribution in [0.3, 0.4) is 0 Å². The molecule has 2 aromatic rings. The Labute approximate surface area is 138 Å². The monoisotopic (exact) mass is 311 g/mol. The molecule has 3 heteroatoms. The highest BCUT2D eigenvalue weighted by atomic mass is 16.5. The van der Waals surface area contributed by atoms with Gasteiger partial charge in [-0.05, 0) is 38.8 Å². The Hall–Kier alpha value is -2.13. The van der Waals surface area contributed by atoms with E-state index in [0.29, 0.717) is 0 Å². The van der Waals surface area contributed by atoms with Crippen molar-refractivity contribution in [1.29, 1.82) is 0 Å². The van der Waals surface area contributed by atoms with Gasteiger partial charge in [-0.1, -0.05) is 59.7 Å². The van der Waals surface area contributed by atoms with Crippen LogP contribution in [0.2, 0.25) is 0 Å². The molecule has 0 heterocycles. The second kappa shape index (κ2) is 7.42. The summed E-state index contributed by atoms with van der Waals surface area (Å²) in [6.45, 7) is 7.68. The van der Waals surface area contributed by atoms with E-state index < -0.39 is 6.04 Å². The average Bonchev–Trinajstić information content (AvgIpc) is 2.51. The van der Waals surface area contributed by atoms with Crippen molar-refractivity contribution >= 4 is 5.97 Å². The molecule has 0 bridgehead atoms. The number of carbonyl (C=O) groups excluding carboxylic acids is 1. The maximum atomic E-state index is 11.9. The number of esters is 1. The fraction of sp³-hybridized carbons (Fsp3) is 0.350. The van der Waals surface area contributed by atoms with Crippen molar-refractivity contribution in [3.05, 3.63) is 70.8 Å². The van der Waals surface area contributed by atoms with Crippen molar-refractivity contribution in [2.24, 2.45) is 5.73 Å². The predicted octanol–water partition coefficient (Wildman–Crippen LogP) is 3.71. The van der Waals surface area contributed by atoms with Crippen LogP contribution in [-0.4, -0.2) is 18.1 Å². The molecule has 0 saturated heterocycles. The lowest BCUT2D eigenvalue weighted by atomic mass is 9.86. The van der Waals surface area contributed by atoms with Crippen LogP contribution >= 0.6 is 0 Å². The van der Waals surface area contributed by atoms with E-state index in [2.05, 4.69) is 62.4 Å². The summed E-state index contributed by atoms with van der Waals surface area (Å²) >= 11 is 0. The molecule has 2 atom stereocenters. The molecule has 122 valence electrons. The quantitative estimate of drug-likeness (QED) is 0.856. The van der Waals surface area contributed by atoms with Gasteiger partial charge in [0.15, 0.2) is 0 Å². The van der Waals surface area contributed by atoms with Gasteiger partial charge in [-0.2, -0.15) is 0 Å². The number of hydrogen-bond acceptors (Lipinski definition) is 3. The van der Waals surface area contributed by atoms with Crippen LogP contribution < -0.4 is 5.73 Å². The third kappa shape index (κ3) is 4.42. The molecule has 0 unspecified atom stereocenters. The highest BCUT2D eigenvalue weighted by Gasteiger charge is 2.25. The van der Waals surface area contributed by atoms with Gasteiger partial charge < -0.3 is 10.5 Å². The Bertz CT molecular complexity index is 599. The van der Waals surface area contributed by atoms with E-state index in [4.69, 9.17) is 10.5 Å². The van der Waals surface area contributed by atoms with Gasteiger partial charge in [0.1, 0.15) is 12.1 Å². The van der Waals surface area contributed by atoms with E-state index in [1.54, 1.807) is 6.92 Å². The number of aryl methyl sites for hydroxylation is 2. The van der Waals surface area contributed by atoms with Crippen molar-refractivity contribution in [3.8, 4) is 0 Å². The van der Waals surface area contributed by atoms with Gasteiger partial charge in [-0.15, -0.1) is 0 Å². The van der Waals surface area contributed by atoms with Crippen LogP contribution in [0.25, 0.3) is 0 Å². The molecule has 2 rings (SSSR count). The first kappa shape index (κ1) is 17.2. The fourth-order valence-electron chi connectivity index (χ4n) is 2.64. The third-order valence-corrected chi connectivity index (χ3v) is 4.02. The molecule has 2 aromatic carbocycles. The highest BCUT2D eigenvalue weighted by molar-refractivity contribution is 5.75. The van der Waals surface area contributed by atoms with Crippen LogP contribution in [0.4, 0.5) is 0 Å². The zero-order valence-corrected chi connectivity index (χ0v) is 14.2. The first-order valence-electron chi connectivity index (χ1n) is 7.97. The van der Waals surface area contributed by atoms with Gasteiger partial charge >= 0.3 is 5.97 Å². The normalized spacial score (nSPS) is 13.7. The summed E-state index contributed by atoms with van der Waals surface area (Å²) in [5.41, 5.74) is 10.3. The lowest BCUT2D eigenvalue weighted by molar-refractivity contribution is -0.149. The molecule has 0 spiro atoms. The second-order valence-corrected chi connectivity index (χ2v) is 6.23. The number of benzene rings is 2. The standard InChI is InChI=1S/C20H25NO2/c1-13-5-9-17(10-6-13)19(16(4)23-20(22)15(3)21)18-11-7-14(2)8-12-18/h5-12,15-16,19H,21H2,1-4H3/t15-,16-/m0/s1. The molecule has 23 heavy (non-hydrogen) atoms. The smallest absolute Gasteiger partial charge is 0.322 e. The van der Waals surface area contributed by atoms with Gasteiger partial charge in [0, 0.05) is 5.92 Å². The summed E-state index contributed by atoms with van der Waals surface area (Å²) in [6, 6.07) is 16.1. The predicted molar refractivity (Wildman–Crippen MR) is 93.4 cm³/mol. The second-order valence-electron chi connectivity index (χ2n) is 6.23. The minimum atomic E-state index is -0.617. The Balaban J connectivity index is 2.36. The lowest BCUT2D eigenvalue weighted by Crippen LogP contribution is -2.33. The van der Waals surface area contributed by atoms with Crippen molar-refractivity contribution in [3.63, 3.8) is 0 Å². The van der Waals surface area contributed by atoms with Crippen molar-refractivity contribution in [1.82, 2.24) is 0 Å². The zero-order chi connectivity index (χ0) is 17.0. The van der Waals surface area contributed by atoms with E-state index in [9.17, 15) is 4.79 Å². The number of nitrogens with two attached hydrogens (primary N) is 1. The van der Waals surface area contributed by atoms with Crippen LogP contribution in [0.1, 0.15) is 42.0 Å². The van der Waals surface area contributed by atoms with Crippen molar-refractivity contribution in [2.75, 3.05) is 0 Å². The van der Waals surface area contributed by atoms with Crippen molar-refractivity contribution in [2.45, 2.75) is 45.8 Å². The van der Waals surface area contributed by atoms with Gasteiger partial charge in [-0.3, -0.25) is 4.79 Å². The number of carbonyl (C=O) groups is 1. The third-order valence-electron chi connectivity index (χ3n) is 4.02. The van der Waals surface area contributed by atoms with E-state index in [-0.39, 0.29) is 18.0 Å². The molecular formula is C20H25NO2. The molecular weight excluding hydrogens is 286 g/mol. The molecule has 0 aromatic heterocycles. The van der Waals surface area contributed by atoms with Crippen LogP contribution in [0.5, 0.6) is 0 Å². The molecule has 0 radical (unpaired) electrons. The Morgan fingerprint density at radius 3 is 1.61 bits per heavy atom. The Morgan fingerprint density at radius 1 is 0.870 bits per heavy atom. The first-order chi connectivity index (χ1) is 10.9. The summed E-state index contributed by atoms with van der Waals surface area (Å²) in [5, 5.41) is 0. The summed E-state index contributed by atoms with van der Waals surface area (Å²) in [6.07, 6.45) is -0.293. The average molecular weight is 311 g/mol. The molecule has 0 amide bonds. The number of rotatable bonds is 5. The molecule has 0 saturated carbocycles. The zero-order valence-electron chi connectivity index (χ0n) is 14.2. The van der Waals surface area contributed by atoms with Crippen LogP contribution in [-0.2, 0) is 9.53 Å². The minimum absolute atomic E-state index is 0.0149. The summed E-state index contributed by atoms with van der Waals surface area (Å²) in [5.74, 6) is -0.388. The fourth-order valence-corrected chi connectivity index (χ4v) is 2.64. The maximum Gasteiger partial charge on any atom is 0.322 e. The van der Waals surface area contributed by atoms with Gasteiger partial charge in [0.2, 0.25) is 0 Å².